The van der Waals surface area contributed by atoms with Crippen molar-refractivity contribution in [3.63, 3.8) is 0 Å². The molecule has 1 fully saturated rings. The number of fused-ring (bicyclic) bond motifs is 1. The number of Topliss-reactive ketones (excluding diaryl/α,β-unsaturated/α-hetero) is 1. The van der Waals surface area contributed by atoms with Gasteiger partial charge in [0.25, 0.3) is 0 Å². The van der Waals surface area contributed by atoms with Gasteiger partial charge in [-0.05, 0) is 68.1 Å². The van der Waals surface area contributed by atoms with E-state index in [2.05, 4.69) is 39.8 Å². The minimum absolute atomic E-state index is 0.102. The first kappa shape index (κ1) is 15.2. The summed E-state index contributed by atoms with van der Waals surface area (Å²) in [5.74, 6) is 0.707. The smallest absolute Gasteiger partial charge is 0.159 e. The van der Waals surface area contributed by atoms with Crippen LogP contribution in [0, 0.1) is 0 Å². The van der Waals surface area contributed by atoms with Crippen molar-refractivity contribution in [2.45, 2.75) is 25.7 Å². The molecular weight excluding hydrogens is 298 g/mol. The first-order valence-corrected chi connectivity index (χ1v) is 8.69. The maximum absolute atomic E-state index is 11.6. The molecule has 0 aliphatic carbocycles. The van der Waals surface area contributed by atoms with Gasteiger partial charge in [-0.2, -0.15) is 0 Å². The molecule has 1 atom stereocenters. The van der Waals surface area contributed by atoms with Crippen molar-refractivity contribution in [2.24, 2.45) is 0 Å². The normalized spacial score (nSPS) is 19.7. The van der Waals surface area contributed by atoms with Crippen LogP contribution in [-0.2, 0) is 0 Å². The first-order valence-electron chi connectivity index (χ1n) is 8.69. The van der Waals surface area contributed by atoms with Crippen molar-refractivity contribution in [2.75, 3.05) is 30.0 Å². The van der Waals surface area contributed by atoms with Crippen molar-refractivity contribution in [3.8, 4) is 0 Å². The molecule has 1 unspecified atom stereocenters. The SMILES string of the molecule is CC(=O)c1ccc2c(c1)NCN2c1cccc(C2CCCNC2)c1. The van der Waals surface area contributed by atoms with E-state index in [1.165, 1.54) is 24.1 Å². The zero-order chi connectivity index (χ0) is 16.5. The molecule has 2 aliphatic heterocycles. The molecule has 0 spiro atoms. The largest absolute Gasteiger partial charge is 0.366 e. The highest BCUT2D eigenvalue weighted by atomic mass is 16.1. The summed E-state index contributed by atoms with van der Waals surface area (Å²) in [5.41, 5.74) is 5.55. The molecular formula is C20H23N3O. The molecule has 0 aromatic heterocycles. The number of hydrogen-bond acceptors (Lipinski definition) is 4. The molecule has 2 aliphatic rings. The van der Waals surface area contributed by atoms with E-state index in [1.54, 1.807) is 6.92 Å². The molecule has 24 heavy (non-hydrogen) atoms. The van der Waals surface area contributed by atoms with Crippen molar-refractivity contribution in [1.82, 2.24) is 5.32 Å². The quantitative estimate of drug-likeness (QED) is 0.842. The second-order valence-electron chi connectivity index (χ2n) is 6.69. The summed E-state index contributed by atoms with van der Waals surface area (Å²) < 4.78 is 0. The fourth-order valence-corrected chi connectivity index (χ4v) is 3.69. The van der Waals surface area contributed by atoms with Gasteiger partial charge in [0.15, 0.2) is 5.78 Å². The lowest BCUT2D eigenvalue weighted by atomic mass is 9.91. The van der Waals surface area contributed by atoms with Gasteiger partial charge < -0.3 is 15.5 Å². The Labute approximate surface area is 142 Å². The van der Waals surface area contributed by atoms with Gasteiger partial charge in [-0.1, -0.05) is 12.1 Å². The molecule has 4 rings (SSSR count). The lowest BCUT2D eigenvalue weighted by molar-refractivity contribution is 0.101. The molecule has 0 amide bonds. The number of hydrogen-bond donors (Lipinski definition) is 2. The van der Waals surface area contributed by atoms with Gasteiger partial charge in [0.1, 0.15) is 0 Å². The summed E-state index contributed by atoms with van der Waals surface area (Å²) in [7, 11) is 0. The Hall–Kier alpha value is -2.33. The van der Waals surface area contributed by atoms with Crippen LogP contribution in [0.2, 0.25) is 0 Å². The molecule has 2 heterocycles. The van der Waals surface area contributed by atoms with Gasteiger partial charge in [-0.3, -0.25) is 4.79 Å². The number of carbonyl (C=O) groups is 1. The van der Waals surface area contributed by atoms with Crippen LogP contribution in [0.3, 0.4) is 0 Å². The number of nitrogens with one attached hydrogen (secondary N) is 2. The number of anilines is 3. The van der Waals surface area contributed by atoms with E-state index < -0.39 is 0 Å². The Morgan fingerprint density at radius 1 is 1.21 bits per heavy atom. The van der Waals surface area contributed by atoms with Crippen LogP contribution in [0.1, 0.15) is 41.6 Å². The van der Waals surface area contributed by atoms with Crippen LogP contribution in [-0.4, -0.2) is 25.5 Å². The Morgan fingerprint density at radius 2 is 2.12 bits per heavy atom. The van der Waals surface area contributed by atoms with Crippen molar-refractivity contribution in [1.29, 1.82) is 0 Å². The van der Waals surface area contributed by atoms with E-state index in [-0.39, 0.29) is 5.78 Å². The van der Waals surface area contributed by atoms with Gasteiger partial charge in [0.05, 0.1) is 18.0 Å². The monoisotopic (exact) mass is 321 g/mol. The number of ketones is 1. The van der Waals surface area contributed by atoms with Gasteiger partial charge in [0, 0.05) is 17.8 Å². The number of benzene rings is 2. The Balaban J connectivity index is 1.63. The second kappa shape index (κ2) is 6.29. The number of nitrogens with zero attached hydrogens (tertiary/aromatic N) is 1. The molecule has 4 heteroatoms. The highest BCUT2D eigenvalue weighted by Crippen LogP contribution is 2.38. The maximum Gasteiger partial charge on any atom is 0.159 e. The summed E-state index contributed by atoms with van der Waals surface area (Å²) in [5, 5.41) is 6.90. The molecule has 1 saturated heterocycles. The minimum atomic E-state index is 0.102. The molecule has 2 N–H and O–H groups in total. The zero-order valence-corrected chi connectivity index (χ0v) is 14.0. The topological polar surface area (TPSA) is 44.4 Å². The third-order valence-corrected chi connectivity index (χ3v) is 5.07. The maximum atomic E-state index is 11.6. The van der Waals surface area contributed by atoms with E-state index in [0.717, 1.165) is 36.7 Å². The summed E-state index contributed by atoms with van der Waals surface area (Å²) in [6, 6.07) is 14.8. The van der Waals surface area contributed by atoms with Crippen LogP contribution in [0.5, 0.6) is 0 Å². The van der Waals surface area contributed by atoms with E-state index in [1.807, 2.05) is 18.2 Å². The van der Waals surface area contributed by atoms with Crippen molar-refractivity contribution < 1.29 is 4.79 Å². The third-order valence-electron chi connectivity index (χ3n) is 5.07. The van der Waals surface area contributed by atoms with Crippen molar-refractivity contribution in [3.05, 3.63) is 53.6 Å². The van der Waals surface area contributed by atoms with Gasteiger partial charge in [0.2, 0.25) is 0 Å². The molecule has 2 aromatic rings. The Bertz CT molecular complexity index is 765. The lowest BCUT2D eigenvalue weighted by Gasteiger charge is -2.25. The highest BCUT2D eigenvalue weighted by molar-refractivity contribution is 5.97. The molecule has 4 nitrogen and oxygen atoms in total. The minimum Gasteiger partial charge on any atom is -0.366 e. The summed E-state index contributed by atoms with van der Waals surface area (Å²) in [6.45, 7) is 4.55. The Morgan fingerprint density at radius 3 is 2.92 bits per heavy atom. The van der Waals surface area contributed by atoms with Crippen LogP contribution < -0.4 is 15.5 Å². The average Bonchev–Trinajstić information content (AvgIpc) is 3.06. The third kappa shape index (κ3) is 2.78. The van der Waals surface area contributed by atoms with E-state index >= 15 is 0 Å². The van der Waals surface area contributed by atoms with Crippen LogP contribution >= 0.6 is 0 Å². The van der Waals surface area contributed by atoms with Gasteiger partial charge >= 0.3 is 0 Å². The van der Waals surface area contributed by atoms with Crippen LogP contribution in [0.15, 0.2) is 42.5 Å². The molecule has 0 radical (unpaired) electrons. The highest BCUT2D eigenvalue weighted by Gasteiger charge is 2.22. The van der Waals surface area contributed by atoms with Crippen molar-refractivity contribution >= 4 is 22.8 Å². The van der Waals surface area contributed by atoms with E-state index in [4.69, 9.17) is 0 Å². The fraction of sp³-hybridized carbons (Fsp3) is 0.350. The Kier molecular flexibility index (Phi) is 3.98. The number of piperidine rings is 1. The molecule has 0 bridgehead atoms. The zero-order valence-electron chi connectivity index (χ0n) is 14.0. The van der Waals surface area contributed by atoms with E-state index in [9.17, 15) is 4.79 Å². The number of carbonyl (C=O) groups excluding carboxylic acids is 1. The number of rotatable bonds is 3. The summed E-state index contributed by atoms with van der Waals surface area (Å²) >= 11 is 0. The predicted molar refractivity (Wildman–Crippen MR) is 98.4 cm³/mol. The first-order chi connectivity index (χ1) is 11.7. The predicted octanol–water partition coefficient (Wildman–Crippen LogP) is 3.88. The second-order valence-corrected chi connectivity index (χ2v) is 6.69. The molecule has 2 aromatic carbocycles. The van der Waals surface area contributed by atoms with Crippen LogP contribution in [0.25, 0.3) is 0 Å². The molecule has 124 valence electrons. The van der Waals surface area contributed by atoms with Gasteiger partial charge in [-0.25, -0.2) is 0 Å². The fourth-order valence-electron chi connectivity index (χ4n) is 3.69. The summed E-state index contributed by atoms with van der Waals surface area (Å²) in [4.78, 5) is 13.8. The molecule has 0 saturated carbocycles. The standard InChI is InChI=1S/C20H23N3O/c1-14(24)15-7-8-20-19(11-15)22-13-23(20)18-6-2-4-16(10-18)17-5-3-9-21-12-17/h2,4,6-8,10-11,17,21-22H,3,5,9,12-13H2,1H3. The van der Waals surface area contributed by atoms with Crippen LogP contribution in [0.4, 0.5) is 17.1 Å². The van der Waals surface area contributed by atoms with E-state index in [0.29, 0.717) is 5.92 Å². The average molecular weight is 321 g/mol. The van der Waals surface area contributed by atoms with Gasteiger partial charge in [-0.15, -0.1) is 0 Å². The summed E-state index contributed by atoms with van der Waals surface area (Å²) in [6.07, 6.45) is 2.50. The lowest BCUT2D eigenvalue weighted by Crippen LogP contribution is -2.28.